The first-order valence-electron chi connectivity index (χ1n) is 7.32. The zero-order valence-electron chi connectivity index (χ0n) is 12.6. The number of para-hydroxylation sites is 1. The first-order valence-corrected chi connectivity index (χ1v) is 7.32. The molecule has 2 heterocycles. The van der Waals surface area contributed by atoms with Crippen LogP contribution < -0.4 is 5.63 Å². The highest BCUT2D eigenvalue weighted by molar-refractivity contribution is 6.15. The van der Waals surface area contributed by atoms with Crippen LogP contribution in [-0.4, -0.2) is 18.1 Å². The lowest BCUT2D eigenvalue weighted by molar-refractivity contribution is 0.0602. The van der Waals surface area contributed by atoms with E-state index in [9.17, 15) is 9.59 Å². The van der Waals surface area contributed by atoms with Gasteiger partial charge in [-0.2, -0.15) is 0 Å². The molecule has 0 aliphatic carbocycles. The lowest BCUT2D eigenvalue weighted by Crippen LogP contribution is -2.05. The van der Waals surface area contributed by atoms with Crippen LogP contribution in [0.15, 0.2) is 33.5 Å². The summed E-state index contributed by atoms with van der Waals surface area (Å²) >= 11 is 0. The number of nitrogens with one attached hydrogen (secondary N) is 1. The van der Waals surface area contributed by atoms with E-state index < -0.39 is 11.6 Å². The number of hydrogen-bond donors (Lipinski definition) is 1. The van der Waals surface area contributed by atoms with Crippen molar-refractivity contribution in [2.45, 2.75) is 26.2 Å². The number of rotatable bonds is 4. The molecule has 2 aromatic heterocycles. The maximum atomic E-state index is 12.3. The molecule has 114 valence electrons. The molecule has 0 saturated carbocycles. The number of H-pyrrole nitrogens is 1. The van der Waals surface area contributed by atoms with Gasteiger partial charge in [-0.3, -0.25) is 0 Å². The van der Waals surface area contributed by atoms with Gasteiger partial charge in [-0.1, -0.05) is 31.5 Å². The minimum Gasteiger partial charge on any atom is -0.465 e. The maximum Gasteiger partial charge on any atom is 0.360 e. The van der Waals surface area contributed by atoms with E-state index in [-0.39, 0.29) is 0 Å². The fraction of sp³-hybridized carbons (Fsp3) is 0.294. The van der Waals surface area contributed by atoms with E-state index in [1.807, 2.05) is 12.1 Å². The third-order valence-electron chi connectivity index (χ3n) is 3.81. The second-order valence-corrected chi connectivity index (χ2v) is 5.21. The molecule has 1 N–H and O–H groups in total. The van der Waals surface area contributed by atoms with Crippen LogP contribution in [0.4, 0.5) is 0 Å². The Kier molecular flexibility index (Phi) is 3.71. The molecule has 0 atom stereocenters. The number of unbranched alkanes of at least 4 members (excludes halogenated alkanes) is 1. The Morgan fingerprint density at radius 1 is 1.32 bits per heavy atom. The molecule has 3 rings (SSSR count). The second-order valence-electron chi connectivity index (χ2n) is 5.21. The van der Waals surface area contributed by atoms with Crippen molar-refractivity contribution in [1.29, 1.82) is 0 Å². The number of benzene rings is 1. The molecule has 5 heteroatoms. The summed E-state index contributed by atoms with van der Waals surface area (Å²) in [6.07, 6.45) is 2.59. The van der Waals surface area contributed by atoms with Gasteiger partial charge in [-0.15, -0.1) is 0 Å². The summed E-state index contributed by atoms with van der Waals surface area (Å²) in [5.74, 6) is -0.437. The van der Waals surface area contributed by atoms with Gasteiger partial charge in [-0.05, 0) is 18.9 Å². The van der Waals surface area contributed by atoms with Crippen molar-refractivity contribution in [3.05, 3.63) is 45.9 Å². The van der Waals surface area contributed by atoms with Crippen molar-refractivity contribution < 1.29 is 13.9 Å². The molecule has 0 radical (unpaired) electrons. The van der Waals surface area contributed by atoms with E-state index in [4.69, 9.17) is 9.15 Å². The summed E-state index contributed by atoms with van der Waals surface area (Å²) in [7, 11) is 1.35. The van der Waals surface area contributed by atoms with Gasteiger partial charge in [0.15, 0.2) is 0 Å². The molecular weight excluding hydrogens is 282 g/mol. The highest BCUT2D eigenvalue weighted by Gasteiger charge is 2.23. The maximum absolute atomic E-state index is 12.3. The van der Waals surface area contributed by atoms with Crippen molar-refractivity contribution in [2.24, 2.45) is 0 Å². The summed E-state index contributed by atoms with van der Waals surface area (Å²) in [4.78, 5) is 27.5. The smallest absolute Gasteiger partial charge is 0.360 e. The van der Waals surface area contributed by atoms with Crippen LogP contribution in [0.1, 0.15) is 35.8 Å². The average Bonchev–Trinajstić information content (AvgIpc) is 2.92. The number of aryl methyl sites for hydroxylation is 1. The van der Waals surface area contributed by atoms with Crippen LogP contribution in [0.3, 0.4) is 0 Å². The molecule has 0 fully saturated rings. The highest BCUT2D eigenvalue weighted by atomic mass is 16.5. The third-order valence-corrected chi connectivity index (χ3v) is 3.81. The van der Waals surface area contributed by atoms with Gasteiger partial charge in [0.05, 0.1) is 12.7 Å². The van der Waals surface area contributed by atoms with Gasteiger partial charge in [0.1, 0.15) is 11.1 Å². The summed E-state index contributed by atoms with van der Waals surface area (Å²) in [5, 5.41) is 1.32. The van der Waals surface area contributed by atoms with E-state index in [0.29, 0.717) is 28.5 Å². The molecule has 1 aromatic carbocycles. The van der Waals surface area contributed by atoms with Crippen molar-refractivity contribution in [3.63, 3.8) is 0 Å². The number of aromatic amines is 1. The van der Waals surface area contributed by atoms with Gasteiger partial charge >= 0.3 is 11.6 Å². The SMILES string of the molecule is CCCCc1[nH]c2c(=O)oc3ccccc3c2c1C(=O)OC. The van der Waals surface area contributed by atoms with Crippen LogP contribution in [0.2, 0.25) is 0 Å². The fourth-order valence-electron chi connectivity index (χ4n) is 2.76. The monoisotopic (exact) mass is 299 g/mol. The van der Waals surface area contributed by atoms with E-state index >= 15 is 0 Å². The Morgan fingerprint density at radius 2 is 2.09 bits per heavy atom. The molecule has 22 heavy (non-hydrogen) atoms. The summed E-state index contributed by atoms with van der Waals surface area (Å²) < 4.78 is 10.2. The molecule has 0 aliphatic heterocycles. The average molecular weight is 299 g/mol. The number of esters is 1. The summed E-state index contributed by atoms with van der Waals surface area (Å²) in [6, 6.07) is 7.20. The topological polar surface area (TPSA) is 72.3 Å². The van der Waals surface area contributed by atoms with Crippen LogP contribution in [0.5, 0.6) is 0 Å². The minimum atomic E-state index is -0.471. The first-order chi connectivity index (χ1) is 10.7. The molecule has 0 spiro atoms. The van der Waals surface area contributed by atoms with E-state index in [0.717, 1.165) is 23.9 Å². The zero-order chi connectivity index (χ0) is 15.7. The minimum absolute atomic E-state index is 0.324. The molecule has 0 saturated heterocycles. The van der Waals surface area contributed by atoms with Crippen molar-refractivity contribution in [3.8, 4) is 0 Å². The van der Waals surface area contributed by atoms with Crippen LogP contribution in [0.25, 0.3) is 21.9 Å². The van der Waals surface area contributed by atoms with Crippen molar-refractivity contribution in [2.75, 3.05) is 7.11 Å². The van der Waals surface area contributed by atoms with Gasteiger partial charge in [-0.25, -0.2) is 9.59 Å². The third kappa shape index (κ3) is 2.19. The molecular formula is C17H17NO4. The lowest BCUT2D eigenvalue weighted by Gasteiger charge is -2.03. The van der Waals surface area contributed by atoms with Crippen LogP contribution in [0, 0.1) is 0 Å². The zero-order valence-corrected chi connectivity index (χ0v) is 12.6. The predicted octanol–water partition coefficient (Wildman–Crippen LogP) is 3.40. The van der Waals surface area contributed by atoms with Gasteiger partial charge in [0.25, 0.3) is 0 Å². The lowest BCUT2D eigenvalue weighted by atomic mass is 10.0. The Bertz CT molecular complexity index is 904. The van der Waals surface area contributed by atoms with Crippen molar-refractivity contribution in [1.82, 2.24) is 4.98 Å². The number of hydrogen-bond acceptors (Lipinski definition) is 4. The second kappa shape index (κ2) is 5.67. The molecule has 0 unspecified atom stereocenters. The highest BCUT2D eigenvalue weighted by Crippen LogP contribution is 2.29. The quantitative estimate of drug-likeness (QED) is 0.592. The number of methoxy groups -OCH3 is 1. The number of carbonyl (C=O) groups is 1. The Hall–Kier alpha value is -2.56. The molecule has 0 aliphatic rings. The Morgan fingerprint density at radius 3 is 2.82 bits per heavy atom. The van der Waals surface area contributed by atoms with Gasteiger partial charge in [0.2, 0.25) is 0 Å². The Labute approximate surface area is 126 Å². The van der Waals surface area contributed by atoms with Gasteiger partial charge in [0, 0.05) is 16.5 Å². The van der Waals surface area contributed by atoms with Crippen molar-refractivity contribution >= 4 is 27.8 Å². The normalized spacial score (nSPS) is 11.2. The number of ether oxygens (including phenoxy) is 1. The van der Waals surface area contributed by atoms with Gasteiger partial charge < -0.3 is 14.1 Å². The van der Waals surface area contributed by atoms with E-state index in [1.54, 1.807) is 12.1 Å². The Balaban J connectivity index is 2.42. The van der Waals surface area contributed by atoms with Crippen LogP contribution in [-0.2, 0) is 11.2 Å². The molecule has 0 bridgehead atoms. The largest absolute Gasteiger partial charge is 0.465 e. The molecule has 0 amide bonds. The molecule has 5 nitrogen and oxygen atoms in total. The number of fused-ring (bicyclic) bond motifs is 3. The summed E-state index contributed by atoms with van der Waals surface area (Å²) in [6.45, 7) is 2.07. The predicted molar refractivity (Wildman–Crippen MR) is 84.3 cm³/mol. The summed E-state index contributed by atoms with van der Waals surface area (Å²) in [5.41, 5.74) is 1.49. The standard InChI is InChI=1S/C17H17NO4/c1-3-4-8-11-14(16(19)21-2)13-10-7-5-6-9-12(10)22-17(20)15(13)18-11/h5-7,9,18H,3-4,8H2,1-2H3. The molecule has 3 aromatic rings. The number of carbonyl (C=O) groups excluding carboxylic acids is 1. The van der Waals surface area contributed by atoms with E-state index in [2.05, 4.69) is 11.9 Å². The van der Waals surface area contributed by atoms with E-state index in [1.165, 1.54) is 7.11 Å². The number of aromatic nitrogens is 1. The van der Waals surface area contributed by atoms with Crippen LogP contribution >= 0.6 is 0 Å². The fourth-order valence-corrected chi connectivity index (χ4v) is 2.76. The first kappa shape index (κ1) is 14.4.